The fourth-order valence-corrected chi connectivity index (χ4v) is 1.40. The predicted molar refractivity (Wildman–Crippen MR) is 80.1 cm³/mol. The van der Waals surface area contributed by atoms with E-state index in [1.54, 1.807) is 37.3 Å². The first kappa shape index (κ1) is 18.3. The Morgan fingerprint density at radius 3 is 1.90 bits per heavy atom. The maximum Gasteiger partial charge on any atom is 0.335 e. The maximum absolute atomic E-state index is 10.7. The third kappa shape index (κ3) is 6.33. The second kappa shape index (κ2) is 9.25. The molecule has 0 aromatic heterocycles. The molecule has 0 aliphatic rings. The van der Waals surface area contributed by atoms with Gasteiger partial charge in [0.1, 0.15) is 5.92 Å². The van der Waals surface area contributed by atoms with E-state index in [0.29, 0.717) is 12.0 Å². The molecule has 2 N–H and O–H groups in total. The molecule has 0 amide bonds. The Balaban J connectivity index is 0.000000384. The molecule has 0 fully saturated rings. The summed E-state index contributed by atoms with van der Waals surface area (Å²) < 4.78 is 0. The first-order chi connectivity index (χ1) is 9.87. The van der Waals surface area contributed by atoms with E-state index >= 15 is 0 Å². The van der Waals surface area contributed by atoms with Crippen molar-refractivity contribution in [3.05, 3.63) is 54.6 Å². The van der Waals surface area contributed by atoms with Gasteiger partial charge in [0.05, 0.1) is 5.56 Å². The Kier molecular flexibility index (Phi) is 8.07. The van der Waals surface area contributed by atoms with Crippen LogP contribution in [-0.2, 0) is 9.59 Å². The quantitative estimate of drug-likeness (QED) is 0.621. The Morgan fingerprint density at radius 1 is 1.14 bits per heavy atom. The van der Waals surface area contributed by atoms with Crippen molar-refractivity contribution in [2.24, 2.45) is 5.92 Å². The molecule has 21 heavy (non-hydrogen) atoms. The average Bonchev–Trinajstić information content (AvgIpc) is 2.48. The van der Waals surface area contributed by atoms with Gasteiger partial charge in [-0.05, 0) is 30.2 Å². The zero-order chi connectivity index (χ0) is 16.4. The van der Waals surface area contributed by atoms with Crippen molar-refractivity contribution >= 4 is 23.8 Å². The second-order valence-corrected chi connectivity index (χ2v) is 4.04. The molecule has 1 rings (SSSR count). The van der Waals surface area contributed by atoms with Crippen LogP contribution in [0.3, 0.4) is 0 Å². The number of carboxylic acid groups (broad SMARTS) is 2. The van der Waals surface area contributed by atoms with E-state index in [0.717, 1.165) is 11.6 Å². The Morgan fingerprint density at radius 2 is 1.67 bits per heavy atom. The Bertz CT molecular complexity index is 528. The van der Waals surface area contributed by atoms with Crippen molar-refractivity contribution in [2.45, 2.75) is 13.3 Å². The molecule has 1 aromatic rings. The summed E-state index contributed by atoms with van der Waals surface area (Å²) >= 11 is 0. The molecule has 1 atom stereocenters. The zero-order valence-electron chi connectivity index (χ0n) is 11.8. The molecule has 1 aromatic carbocycles. The van der Waals surface area contributed by atoms with Crippen LogP contribution in [0, 0.1) is 5.92 Å². The lowest BCUT2D eigenvalue weighted by Crippen LogP contribution is -2.20. The van der Waals surface area contributed by atoms with Gasteiger partial charge in [-0.25, -0.2) is 4.79 Å². The van der Waals surface area contributed by atoms with Crippen molar-refractivity contribution < 1.29 is 24.6 Å². The van der Waals surface area contributed by atoms with Crippen LogP contribution in [0.2, 0.25) is 0 Å². The van der Waals surface area contributed by atoms with E-state index < -0.39 is 23.6 Å². The molecular weight excluding hydrogens is 272 g/mol. The number of carbonyl (C=O) groups is 3. The van der Waals surface area contributed by atoms with Crippen LogP contribution >= 0.6 is 0 Å². The minimum absolute atomic E-state index is 0.301. The van der Waals surface area contributed by atoms with Gasteiger partial charge in [0.15, 0.2) is 5.78 Å². The van der Waals surface area contributed by atoms with Crippen LogP contribution in [0.15, 0.2) is 43.5 Å². The molecule has 0 radical (unpaired) electrons. The highest BCUT2D eigenvalue weighted by atomic mass is 16.4. The van der Waals surface area contributed by atoms with Crippen molar-refractivity contribution in [3.63, 3.8) is 0 Å². The number of hydrogen-bond acceptors (Lipinski definition) is 3. The van der Waals surface area contributed by atoms with Gasteiger partial charge in [0.25, 0.3) is 0 Å². The standard InChI is InChI=1S/C9H8O2.C7H10O3/c1-2-7-3-5-8(6-4-7)9(10)11;1-3-5(7(9)10)6(8)4-2/h2-6H,1H2,(H,10,11);4-5H,2-3H2,1H3,(H,9,10). The number of benzene rings is 1. The Hall–Kier alpha value is -2.69. The molecule has 0 aliphatic carbocycles. The van der Waals surface area contributed by atoms with Gasteiger partial charge in [0.2, 0.25) is 0 Å². The van der Waals surface area contributed by atoms with Gasteiger partial charge in [-0.15, -0.1) is 0 Å². The normalized spacial score (nSPS) is 10.5. The Labute approximate surface area is 123 Å². The molecule has 1 unspecified atom stereocenters. The zero-order valence-corrected chi connectivity index (χ0v) is 11.8. The fraction of sp³-hybridized carbons (Fsp3) is 0.188. The van der Waals surface area contributed by atoms with Crippen LogP contribution in [0.1, 0.15) is 29.3 Å². The maximum atomic E-state index is 10.7. The number of hydrogen-bond donors (Lipinski definition) is 2. The molecule has 0 saturated carbocycles. The minimum Gasteiger partial charge on any atom is -0.481 e. The van der Waals surface area contributed by atoms with E-state index in [4.69, 9.17) is 10.2 Å². The van der Waals surface area contributed by atoms with Crippen LogP contribution in [0.25, 0.3) is 6.08 Å². The first-order valence-electron chi connectivity index (χ1n) is 6.22. The van der Waals surface area contributed by atoms with Gasteiger partial charge < -0.3 is 10.2 Å². The summed E-state index contributed by atoms with van der Waals surface area (Å²) in [4.78, 5) is 31.3. The second-order valence-electron chi connectivity index (χ2n) is 4.04. The predicted octanol–water partition coefficient (Wildman–Crippen LogP) is 2.88. The van der Waals surface area contributed by atoms with Gasteiger partial charge in [-0.3, -0.25) is 9.59 Å². The summed E-state index contributed by atoms with van der Waals surface area (Å²) in [7, 11) is 0. The molecule has 0 spiro atoms. The van der Waals surface area contributed by atoms with Crippen molar-refractivity contribution in [1.29, 1.82) is 0 Å². The summed E-state index contributed by atoms with van der Waals surface area (Å²) in [6.07, 6.45) is 3.04. The molecule has 0 saturated heterocycles. The highest BCUT2D eigenvalue weighted by Gasteiger charge is 2.20. The van der Waals surface area contributed by atoms with Crippen LogP contribution in [-0.4, -0.2) is 27.9 Å². The van der Waals surface area contributed by atoms with Crippen molar-refractivity contribution in [3.8, 4) is 0 Å². The summed E-state index contributed by atoms with van der Waals surface area (Å²) in [5, 5.41) is 16.9. The first-order valence-corrected chi connectivity index (χ1v) is 6.22. The van der Waals surface area contributed by atoms with Gasteiger partial charge in [0, 0.05) is 0 Å². The fourth-order valence-electron chi connectivity index (χ4n) is 1.40. The lowest BCUT2D eigenvalue weighted by molar-refractivity contribution is -0.145. The van der Waals surface area contributed by atoms with E-state index in [1.807, 2.05) is 0 Å². The summed E-state index contributed by atoms with van der Waals surface area (Å²) in [5.41, 5.74) is 1.23. The van der Waals surface area contributed by atoms with E-state index in [9.17, 15) is 14.4 Å². The molecule has 5 nitrogen and oxygen atoms in total. The third-order valence-corrected chi connectivity index (χ3v) is 2.64. The lowest BCUT2D eigenvalue weighted by Gasteiger charge is -2.02. The molecule has 0 bridgehead atoms. The number of ketones is 1. The topological polar surface area (TPSA) is 91.7 Å². The van der Waals surface area contributed by atoms with E-state index in [-0.39, 0.29) is 0 Å². The minimum atomic E-state index is -1.08. The number of aliphatic carboxylic acids is 1. The van der Waals surface area contributed by atoms with E-state index in [2.05, 4.69) is 13.2 Å². The van der Waals surface area contributed by atoms with Gasteiger partial charge in [-0.1, -0.05) is 38.3 Å². The highest BCUT2D eigenvalue weighted by Crippen LogP contribution is 2.05. The number of allylic oxidation sites excluding steroid dienone is 1. The van der Waals surface area contributed by atoms with Gasteiger partial charge >= 0.3 is 11.9 Å². The number of rotatable bonds is 6. The van der Waals surface area contributed by atoms with Crippen LogP contribution in [0.4, 0.5) is 0 Å². The van der Waals surface area contributed by atoms with E-state index in [1.165, 1.54) is 0 Å². The summed E-state index contributed by atoms with van der Waals surface area (Å²) in [6, 6.07) is 6.55. The smallest absolute Gasteiger partial charge is 0.335 e. The monoisotopic (exact) mass is 290 g/mol. The molecular formula is C16H18O5. The van der Waals surface area contributed by atoms with Gasteiger partial charge in [-0.2, -0.15) is 0 Å². The van der Waals surface area contributed by atoms with Crippen molar-refractivity contribution in [1.82, 2.24) is 0 Å². The number of carbonyl (C=O) groups excluding carboxylic acids is 1. The third-order valence-electron chi connectivity index (χ3n) is 2.64. The largest absolute Gasteiger partial charge is 0.481 e. The molecule has 0 aliphatic heterocycles. The average molecular weight is 290 g/mol. The van der Waals surface area contributed by atoms with Crippen LogP contribution in [0.5, 0.6) is 0 Å². The SMILES string of the molecule is C=CC(=O)C(CC)C(=O)O.C=Cc1ccc(C(=O)O)cc1. The molecule has 0 heterocycles. The molecule has 5 heteroatoms. The lowest BCUT2D eigenvalue weighted by atomic mass is 10.0. The number of aromatic carboxylic acids is 1. The summed E-state index contributed by atoms with van der Waals surface area (Å²) in [5.74, 6) is -3.31. The summed E-state index contributed by atoms with van der Waals surface area (Å²) in [6.45, 7) is 8.41. The van der Waals surface area contributed by atoms with Crippen molar-refractivity contribution in [2.75, 3.05) is 0 Å². The highest BCUT2D eigenvalue weighted by molar-refractivity contribution is 6.03. The number of carboxylic acids is 2. The molecule has 112 valence electrons. The van der Waals surface area contributed by atoms with Crippen LogP contribution < -0.4 is 0 Å².